The fourth-order valence-electron chi connectivity index (χ4n) is 1.92. The van der Waals surface area contributed by atoms with Crippen molar-refractivity contribution in [2.75, 3.05) is 0 Å². The van der Waals surface area contributed by atoms with Crippen LogP contribution in [0.15, 0.2) is 24.3 Å². The predicted molar refractivity (Wildman–Crippen MR) is 75.8 cm³/mol. The summed E-state index contributed by atoms with van der Waals surface area (Å²) in [6.45, 7) is 8.99. The minimum Gasteiger partial charge on any atom is -0.390 e. The van der Waals surface area contributed by atoms with Crippen molar-refractivity contribution >= 4 is 8.07 Å². The second kappa shape index (κ2) is 6.52. The van der Waals surface area contributed by atoms with Gasteiger partial charge < -0.3 is 9.84 Å². The molecular weight excluding hydrogens is 228 g/mol. The first-order valence-electron chi connectivity index (χ1n) is 6.60. The standard InChI is InChI=1S/C14H26O2Si/c1-5-6-7-8-9-10-11-12(15)13-14(16-13)17(2,3)4/h6-7,9-10,12-15H,5,8,11H2,1-4H3/b7-6-,10-9-/t12-,13-,14-/m0/s1. The Morgan fingerprint density at radius 3 is 2.35 bits per heavy atom. The number of hydrogen-bond acceptors (Lipinski definition) is 2. The van der Waals surface area contributed by atoms with Crippen LogP contribution in [-0.2, 0) is 4.74 Å². The van der Waals surface area contributed by atoms with Crippen LogP contribution in [0.5, 0.6) is 0 Å². The Hall–Kier alpha value is -0.383. The molecule has 1 heterocycles. The molecule has 0 amide bonds. The Balaban J connectivity index is 2.19. The molecule has 0 aromatic rings. The van der Waals surface area contributed by atoms with Gasteiger partial charge >= 0.3 is 0 Å². The van der Waals surface area contributed by atoms with E-state index in [4.69, 9.17) is 4.74 Å². The highest BCUT2D eigenvalue weighted by atomic mass is 28.3. The van der Waals surface area contributed by atoms with Crippen LogP contribution in [-0.4, -0.2) is 31.1 Å². The average Bonchev–Trinajstić information content (AvgIpc) is 3.02. The zero-order valence-corrected chi connectivity index (χ0v) is 12.5. The van der Waals surface area contributed by atoms with Crippen LogP contribution in [0.3, 0.4) is 0 Å². The molecule has 3 heteroatoms. The molecule has 0 unspecified atom stereocenters. The minimum absolute atomic E-state index is 0.0949. The van der Waals surface area contributed by atoms with E-state index in [1.165, 1.54) is 0 Å². The van der Waals surface area contributed by atoms with Crippen LogP contribution >= 0.6 is 0 Å². The molecule has 0 bridgehead atoms. The maximum Gasteiger partial charge on any atom is 0.107 e. The molecule has 2 nitrogen and oxygen atoms in total. The highest BCUT2D eigenvalue weighted by molar-refractivity contribution is 6.78. The third-order valence-electron chi connectivity index (χ3n) is 2.98. The van der Waals surface area contributed by atoms with Crippen molar-refractivity contribution in [3.8, 4) is 0 Å². The summed E-state index contributed by atoms with van der Waals surface area (Å²) in [5.41, 5.74) is 0.353. The van der Waals surface area contributed by atoms with Crippen LogP contribution < -0.4 is 0 Å². The summed E-state index contributed by atoms with van der Waals surface area (Å²) in [5.74, 6) is 0. The number of hydrogen-bond donors (Lipinski definition) is 1. The van der Waals surface area contributed by atoms with Crippen molar-refractivity contribution < 1.29 is 9.84 Å². The lowest BCUT2D eigenvalue weighted by Gasteiger charge is -2.12. The Morgan fingerprint density at radius 1 is 1.18 bits per heavy atom. The molecule has 1 N–H and O–H groups in total. The molecule has 1 rings (SSSR count). The summed E-state index contributed by atoms with van der Waals surface area (Å²) in [6, 6.07) is 0. The fourth-order valence-corrected chi connectivity index (χ4v) is 3.69. The SMILES string of the molecule is CC/C=C\C/C=C\C[C@H](O)[C@@H]1O[C@H]1[Si](C)(C)C. The summed E-state index contributed by atoms with van der Waals surface area (Å²) in [7, 11) is -1.23. The molecule has 0 aromatic carbocycles. The molecule has 1 aliphatic rings. The lowest BCUT2D eigenvalue weighted by molar-refractivity contribution is 0.138. The second-order valence-electron chi connectivity index (χ2n) is 5.78. The number of epoxide rings is 1. The van der Waals surface area contributed by atoms with Gasteiger partial charge in [-0.3, -0.25) is 0 Å². The van der Waals surface area contributed by atoms with E-state index in [0.29, 0.717) is 12.1 Å². The molecule has 0 saturated carbocycles. The molecule has 1 aliphatic heterocycles. The van der Waals surface area contributed by atoms with E-state index < -0.39 is 8.07 Å². The van der Waals surface area contributed by atoms with Gasteiger partial charge in [-0.15, -0.1) is 0 Å². The molecule has 0 radical (unpaired) electrons. The van der Waals surface area contributed by atoms with E-state index in [1.807, 2.05) is 0 Å². The van der Waals surface area contributed by atoms with Gasteiger partial charge in [-0.2, -0.15) is 0 Å². The van der Waals surface area contributed by atoms with Crippen LogP contribution in [0, 0.1) is 0 Å². The first-order chi connectivity index (χ1) is 7.96. The van der Waals surface area contributed by atoms with Gasteiger partial charge in [-0.1, -0.05) is 50.9 Å². The van der Waals surface area contributed by atoms with Gasteiger partial charge in [-0.25, -0.2) is 0 Å². The van der Waals surface area contributed by atoms with Gasteiger partial charge in [-0.05, 0) is 19.3 Å². The number of ether oxygens (including phenoxy) is 1. The quantitative estimate of drug-likeness (QED) is 0.429. The second-order valence-corrected chi connectivity index (χ2v) is 11.1. The van der Waals surface area contributed by atoms with Gasteiger partial charge in [0.15, 0.2) is 0 Å². The number of rotatable bonds is 7. The molecule has 1 fully saturated rings. The Kier molecular flexibility index (Phi) is 5.63. The van der Waals surface area contributed by atoms with E-state index in [2.05, 4.69) is 50.9 Å². The summed E-state index contributed by atoms with van der Waals surface area (Å²) in [6.07, 6.45) is 11.0. The minimum atomic E-state index is -1.23. The average molecular weight is 254 g/mol. The number of allylic oxidation sites excluding steroid dienone is 3. The zero-order valence-electron chi connectivity index (χ0n) is 11.5. The molecule has 0 spiro atoms. The lowest BCUT2D eigenvalue weighted by Crippen LogP contribution is -2.33. The first kappa shape index (κ1) is 14.7. The van der Waals surface area contributed by atoms with Gasteiger partial charge in [0, 0.05) is 0 Å². The highest BCUT2D eigenvalue weighted by Gasteiger charge is 2.51. The Labute approximate surface area is 106 Å². The smallest absolute Gasteiger partial charge is 0.107 e. The van der Waals surface area contributed by atoms with Crippen LogP contribution in [0.4, 0.5) is 0 Å². The van der Waals surface area contributed by atoms with Crippen molar-refractivity contribution in [1.82, 2.24) is 0 Å². The molecule has 3 atom stereocenters. The van der Waals surface area contributed by atoms with Gasteiger partial charge in [0.25, 0.3) is 0 Å². The van der Waals surface area contributed by atoms with E-state index >= 15 is 0 Å². The Morgan fingerprint density at radius 2 is 1.82 bits per heavy atom. The maximum atomic E-state index is 9.95. The molecule has 0 aromatic heterocycles. The Bertz CT molecular complexity index is 278. The number of aliphatic hydroxyl groups is 1. The van der Waals surface area contributed by atoms with Gasteiger partial charge in [0.1, 0.15) is 6.10 Å². The highest BCUT2D eigenvalue weighted by Crippen LogP contribution is 2.34. The zero-order chi connectivity index (χ0) is 12.9. The molecule has 17 heavy (non-hydrogen) atoms. The molecule has 0 aliphatic carbocycles. The monoisotopic (exact) mass is 254 g/mol. The topological polar surface area (TPSA) is 32.8 Å². The third kappa shape index (κ3) is 5.19. The van der Waals surface area contributed by atoms with E-state index in [0.717, 1.165) is 12.8 Å². The normalized spacial score (nSPS) is 26.9. The summed E-state index contributed by atoms with van der Waals surface area (Å²) >= 11 is 0. The largest absolute Gasteiger partial charge is 0.390 e. The summed E-state index contributed by atoms with van der Waals surface area (Å²) < 4.78 is 5.60. The van der Waals surface area contributed by atoms with Crippen LogP contribution in [0.2, 0.25) is 19.6 Å². The molecular formula is C14H26O2Si. The van der Waals surface area contributed by atoms with Crippen molar-refractivity contribution in [1.29, 1.82) is 0 Å². The predicted octanol–water partition coefficient (Wildman–Crippen LogP) is 3.29. The van der Waals surface area contributed by atoms with Crippen molar-refractivity contribution in [3.63, 3.8) is 0 Å². The van der Waals surface area contributed by atoms with Crippen molar-refractivity contribution in [2.45, 2.75) is 63.8 Å². The van der Waals surface area contributed by atoms with Crippen LogP contribution in [0.25, 0.3) is 0 Å². The molecule has 1 saturated heterocycles. The van der Waals surface area contributed by atoms with Crippen molar-refractivity contribution in [3.05, 3.63) is 24.3 Å². The van der Waals surface area contributed by atoms with Crippen LogP contribution in [0.1, 0.15) is 26.2 Å². The fraction of sp³-hybridized carbons (Fsp3) is 0.714. The van der Waals surface area contributed by atoms with Gasteiger partial charge in [0.05, 0.1) is 19.9 Å². The van der Waals surface area contributed by atoms with E-state index in [-0.39, 0.29) is 12.2 Å². The maximum absolute atomic E-state index is 9.95. The lowest BCUT2D eigenvalue weighted by atomic mass is 10.2. The summed E-state index contributed by atoms with van der Waals surface area (Å²) in [5, 5.41) is 9.95. The van der Waals surface area contributed by atoms with E-state index in [9.17, 15) is 5.11 Å². The first-order valence-corrected chi connectivity index (χ1v) is 10.2. The number of aliphatic hydroxyl groups excluding tert-OH is 1. The van der Waals surface area contributed by atoms with Crippen molar-refractivity contribution in [2.24, 2.45) is 0 Å². The molecule has 98 valence electrons. The van der Waals surface area contributed by atoms with E-state index in [1.54, 1.807) is 0 Å². The summed E-state index contributed by atoms with van der Waals surface area (Å²) in [4.78, 5) is 0. The van der Waals surface area contributed by atoms with Gasteiger partial charge in [0.2, 0.25) is 0 Å². The third-order valence-corrected chi connectivity index (χ3v) is 5.15.